The van der Waals surface area contributed by atoms with Crippen LogP contribution < -0.4 is 25.5 Å². The highest BCUT2D eigenvalue weighted by atomic mass is 16.5. The molecule has 0 radical (unpaired) electrons. The topological polar surface area (TPSA) is 144 Å². The SMILES string of the molecule is COc1cc2nccc(Oc3ccc(-c4c(-c5cnccn5)cn(Cc5ccccc5)c(=O)c4C(N)=O)nc3)c2cc1OC. The third-order valence-corrected chi connectivity index (χ3v) is 6.99. The highest BCUT2D eigenvalue weighted by Crippen LogP contribution is 2.37. The van der Waals surface area contributed by atoms with Gasteiger partial charge in [0.05, 0.1) is 50.1 Å². The van der Waals surface area contributed by atoms with Gasteiger partial charge in [-0.05, 0) is 29.8 Å². The van der Waals surface area contributed by atoms with Crippen molar-refractivity contribution in [2.24, 2.45) is 5.73 Å². The third kappa shape index (κ3) is 5.41. The van der Waals surface area contributed by atoms with Gasteiger partial charge in [-0.2, -0.15) is 0 Å². The summed E-state index contributed by atoms with van der Waals surface area (Å²) < 4.78 is 18.5. The summed E-state index contributed by atoms with van der Waals surface area (Å²) in [5, 5.41) is 0.706. The maximum atomic E-state index is 13.7. The van der Waals surface area contributed by atoms with E-state index in [1.54, 1.807) is 63.1 Å². The van der Waals surface area contributed by atoms with E-state index in [9.17, 15) is 9.59 Å². The predicted octanol–water partition coefficient (Wildman–Crippen LogP) is 4.87. The molecule has 0 fully saturated rings. The minimum absolute atomic E-state index is 0.202. The molecular formula is C33H26N6O5. The Kier molecular flexibility index (Phi) is 7.66. The number of hydrogen-bond acceptors (Lipinski definition) is 9. The van der Waals surface area contributed by atoms with Crippen LogP contribution in [-0.4, -0.2) is 44.6 Å². The van der Waals surface area contributed by atoms with Crippen LogP contribution in [0.5, 0.6) is 23.0 Å². The summed E-state index contributed by atoms with van der Waals surface area (Å²) in [5.41, 5.74) is 8.12. The molecule has 4 aromatic heterocycles. The van der Waals surface area contributed by atoms with Crippen LogP contribution in [0.3, 0.4) is 0 Å². The van der Waals surface area contributed by atoms with Crippen molar-refractivity contribution in [3.05, 3.63) is 119 Å². The van der Waals surface area contributed by atoms with E-state index in [0.29, 0.717) is 50.9 Å². The molecule has 0 aliphatic carbocycles. The Bertz CT molecular complexity index is 2030. The number of nitrogens with zero attached hydrogens (tertiary/aromatic N) is 5. The van der Waals surface area contributed by atoms with Crippen LogP contribution in [0, 0.1) is 0 Å². The molecule has 218 valence electrons. The molecule has 0 atom stereocenters. The number of ether oxygens (including phenoxy) is 3. The lowest BCUT2D eigenvalue weighted by atomic mass is 9.97. The van der Waals surface area contributed by atoms with Crippen LogP contribution in [0.2, 0.25) is 0 Å². The number of hydrogen-bond donors (Lipinski definition) is 1. The smallest absolute Gasteiger partial charge is 0.264 e. The van der Waals surface area contributed by atoms with Crippen LogP contribution in [0.15, 0.2) is 103 Å². The Labute approximate surface area is 251 Å². The number of nitrogens with two attached hydrogens (primary N) is 1. The van der Waals surface area contributed by atoms with Crippen LogP contribution in [-0.2, 0) is 6.54 Å². The lowest BCUT2D eigenvalue weighted by Crippen LogP contribution is -2.31. The maximum Gasteiger partial charge on any atom is 0.264 e. The fourth-order valence-corrected chi connectivity index (χ4v) is 4.94. The summed E-state index contributed by atoms with van der Waals surface area (Å²) in [7, 11) is 3.11. The van der Waals surface area contributed by atoms with E-state index in [2.05, 4.69) is 19.9 Å². The van der Waals surface area contributed by atoms with Crippen molar-refractivity contribution in [3.63, 3.8) is 0 Å². The summed E-state index contributed by atoms with van der Waals surface area (Å²) in [6, 6.07) is 18.1. The van der Waals surface area contributed by atoms with Crippen molar-refractivity contribution in [2.75, 3.05) is 14.2 Å². The standard InChI is InChI=1S/C33H26N6O5/c1-42-28-14-22-25(15-29(28)43-2)36-11-10-27(22)44-21-8-9-24(38-16-21)30-23(26-17-35-12-13-37-26)19-39(33(41)31(30)32(34)40)18-20-6-4-3-5-7-20/h3-17,19H,18H2,1-2H3,(H2,34,40). The number of carbonyl (C=O) groups excluding carboxylic acids is 1. The maximum absolute atomic E-state index is 13.7. The van der Waals surface area contributed by atoms with Crippen molar-refractivity contribution < 1.29 is 19.0 Å². The van der Waals surface area contributed by atoms with E-state index in [4.69, 9.17) is 19.9 Å². The molecule has 0 spiro atoms. The first-order valence-corrected chi connectivity index (χ1v) is 13.5. The summed E-state index contributed by atoms with van der Waals surface area (Å²) in [6.07, 6.45) is 9.40. The minimum atomic E-state index is -0.882. The average Bonchev–Trinajstić information content (AvgIpc) is 3.06. The zero-order chi connectivity index (χ0) is 30.6. The summed E-state index contributed by atoms with van der Waals surface area (Å²) >= 11 is 0. The predicted molar refractivity (Wildman–Crippen MR) is 164 cm³/mol. The van der Waals surface area contributed by atoms with Gasteiger partial charge in [-0.25, -0.2) is 0 Å². The van der Waals surface area contributed by atoms with Crippen molar-refractivity contribution >= 4 is 16.8 Å². The monoisotopic (exact) mass is 586 g/mol. The van der Waals surface area contributed by atoms with Gasteiger partial charge in [-0.3, -0.25) is 29.5 Å². The first-order chi connectivity index (χ1) is 21.5. The number of aromatic nitrogens is 5. The molecule has 44 heavy (non-hydrogen) atoms. The fourth-order valence-electron chi connectivity index (χ4n) is 4.94. The lowest BCUT2D eigenvalue weighted by molar-refractivity contribution is 0.0999. The van der Waals surface area contributed by atoms with Crippen LogP contribution in [0.1, 0.15) is 15.9 Å². The largest absolute Gasteiger partial charge is 0.493 e. The number of carbonyl (C=O) groups is 1. The van der Waals surface area contributed by atoms with E-state index < -0.39 is 11.5 Å². The minimum Gasteiger partial charge on any atom is -0.493 e. The highest BCUT2D eigenvalue weighted by Gasteiger charge is 2.24. The molecule has 0 unspecified atom stereocenters. The second-order valence-electron chi connectivity index (χ2n) is 9.68. The van der Waals surface area contributed by atoms with E-state index >= 15 is 0 Å². The number of rotatable bonds is 9. The van der Waals surface area contributed by atoms with E-state index in [-0.39, 0.29) is 17.7 Å². The zero-order valence-electron chi connectivity index (χ0n) is 23.8. The molecule has 11 heteroatoms. The number of amides is 1. The Balaban J connectivity index is 1.44. The van der Waals surface area contributed by atoms with Crippen molar-refractivity contribution in [2.45, 2.75) is 6.54 Å². The molecule has 4 heterocycles. The number of pyridine rings is 3. The van der Waals surface area contributed by atoms with Crippen LogP contribution in [0.25, 0.3) is 33.4 Å². The molecule has 2 aromatic carbocycles. The number of benzene rings is 2. The summed E-state index contributed by atoms with van der Waals surface area (Å²) in [4.78, 5) is 44.1. The van der Waals surface area contributed by atoms with Gasteiger partial charge in [-0.15, -0.1) is 0 Å². The van der Waals surface area contributed by atoms with Gasteiger partial charge < -0.3 is 24.5 Å². The van der Waals surface area contributed by atoms with Crippen LogP contribution in [0.4, 0.5) is 0 Å². The van der Waals surface area contributed by atoms with Gasteiger partial charge in [0.1, 0.15) is 17.1 Å². The third-order valence-electron chi connectivity index (χ3n) is 6.99. The number of methoxy groups -OCH3 is 2. The Hall–Kier alpha value is -6.10. The van der Waals surface area contributed by atoms with E-state index in [0.717, 1.165) is 5.56 Å². The number of fused-ring (bicyclic) bond motifs is 1. The molecule has 0 aliphatic heterocycles. The second-order valence-corrected chi connectivity index (χ2v) is 9.68. The number of primary amides is 1. The zero-order valence-corrected chi connectivity index (χ0v) is 23.8. The Morgan fingerprint density at radius 2 is 1.64 bits per heavy atom. The average molecular weight is 587 g/mol. The molecule has 6 rings (SSSR count). The van der Waals surface area contributed by atoms with Crippen molar-refractivity contribution in [3.8, 4) is 45.5 Å². The normalized spacial score (nSPS) is 10.9. The molecule has 1 amide bonds. The summed E-state index contributed by atoms with van der Waals surface area (Å²) in [5.74, 6) is 1.13. The highest BCUT2D eigenvalue weighted by molar-refractivity contribution is 6.02. The van der Waals surface area contributed by atoms with Gasteiger partial charge in [0.2, 0.25) is 0 Å². The molecule has 6 aromatic rings. The summed E-state index contributed by atoms with van der Waals surface area (Å²) in [6.45, 7) is 0.226. The first-order valence-electron chi connectivity index (χ1n) is 13.5. The first kappa shape index (κ1) is 28.0. The second kappa shape index (κ2) is 12.0. The van der Waals surface area contributed by atoms with Crippen LogP contribution >= 0.6 is 0 Å². The molecule has 11 nitrogen and oxygen atoms in total. The fraction of sp³-hybridized carbons (Fsp3) is 0.0909. The van der Waals surface area contributed by atoms with Gasteiger partial charge in [0, 0.05) is 47.4 Å². The molecule has 0 aliphatic rings. The lowest BCUT2D eigenvalue weighted by Gasteiger charge is -2.17. The quantitative estimate of drug-likeness (QED) is 0.251. The van der Waals surface area contributed by atoms with Gasteiger partial charge in [-0.1, -0.05) is 30.3 Å². The molecule has 0 saturated heterocycles. The Morgan fingerprint density at radius 3 is 2.32 bits per heavy atom. The molecule has 0 bridgehead atoms. The van der Waals surface area contributed by atoms with Gasteiger partial charge in [0.15, 0.2) is 11.5 Å². The molecule has 2 N–H and O–H groups in total. The van der Waals surface area contributed by atoms with E-state index in [1.807, 2.05) is 30.3 Å². The van der Waals surface area contributed by atoms with E-state index in [1.165, 1.54) is 23.2 Å². The van der Waals surface area contributed by atoms with Crippen molar-refractivity contribution in [1.82, 2.24) is 24.5 Å². The molecular weight excluding hydrogens is 560 g/mol. The molecule has 0 saturated carbocycles. The Morgan fingerprint density at radius 1 is 0.841 bits per heavy atom. The van der Waals surface area contributed by atoms with Gasteiger partial charge >= 0.3 is 0 Å². The van der Waals surface area contributed by atoms with Gasteiger partial charge in [0.25, 0.3) is 11.5 Å². The van der Waals surface area contributed by atoms with Crippen molar-refractivity contribution in [1.29, 1.82) is 0 Å².